The second kappa shape index (κ2) is 7.16. The summed E-state index contributed by atoms with van der Waals surface area (Å²) < 4.78 is 7.54. The number of hydrogen-bond donors (Lipinski definition) is 1. The largest absolute Gasteiger partial charge is 0.492 e. The smallest absolute Gasteiger partial charge is 0.120 e. The van der Waals surface area contributed by atoms with Gasteiger partial charge in [0.05, 0.1) is 16.4 Å². The number of halogens is 2. The first-order valence-corrected chi connectivity index (χ1v) is 7.62. The summed E-state index contributed by atoms with van der Waals surface area (Å²) in [6.07, 6.45) is 0.619. The quantitative estimate of drug-likeness (QED) is 0.883. The maximum Gasteiger partial charge on any atom is 0.120 e. The van der Waals surface area contributed by atoms with Crippen LogP contribution in [0.2, 0.25) is 10.0 Å². The molecule has 0 saturated carbocycles. The van der Waals surface area contributed by atoms with Crippen molar-refractivity contribution in [2.24, 2.45) is 5.73 Å². The first kappa shape index (κ1) is 16.1. The molecule has 1 aromatic carbocycles. The zero-order valence-corrected chi connectivity index (χ0v) is 13.7. The van der Waals surface area contributed by atoms with Crippen molar-refractivity contribution in [1.29, 1.82) is 0 Å². The molecule has 2 rings (SSSR count). The number of nitrogens with zero attached hydrogens (tertiary/aromatic N) is 2. The number of rotatable bonds is 6. The Morgan fingerprint density at radius 2 is 2.14 bits per heavy atom. The minimum atomic E-state index is -0.164. The minimum absolute atomic E-state index is 0.164. The molecule has 21 heavy (non-hydrogen) atoms. The van der Waals surface area contributed by atoms with Crippen molar-refractivity contribution in [3.8, 4) is 5.75 Å². The molecule has 6 heteroatoms. The Balaban J connectivity index is 1.97. The maximum atomic E-state index is 6.28. The summed E-state index contributed by atoms with van der Waals surface area (Å²) in [5.41, 5.74) is 7.92. The molecule has 4 nitrogen and oxygen atoms in total. The van der Waals surface area contributed by atoms with E-state index in [0.717, 1.165) is 17.9 Å². The summed E-state index contributed by atoms with van der Waals surface area (Å²) in [5.74, 6) is 0.712. The van der Waals surface area contributed by atoms with Gasteiger partial charge in [-0.15, -0.1) is 0 Å². The third kappa shape index (κ3) is 4.13. The summed E-state index contributed by atoms with van der Waals surface area (Å²) >= 11 is 12.2. The van der Waals surface area contributed by atoms with Crippen LogP contribution in [0.1, 0.15) is 18.3 Å². The van der Waals surface area contributed by atoms with Crippen LogP contribution in [-0.2, 0) is 13.0 Å². The molecule has 0 saturated heterocycles. The van der Waals surface area contributed by atoms with Gasteiger partial charge in [0.25, 0.3) is 0 Å². The van der Waals surface area contributed by atoms with Crippen molar-refractivity contribution in [1.82, 2.24) is 9.78 Å². The van der Waals surface area contributed by atoms with Crippen molar-refractivity contribution in [3.05, 3.63) is 45.7 Å². The van der Waals surface area contributed by atoms with Crippen molar-refractivity contribution in [3.63, 3.8) is 0 Å². The van der Waals surface area contributed by atoms with E-state index >= 15 is 0 Å². The minimum Gasteiger partial charge on any atom is -0.492 e. The van der Waals surface area contributed by atoms with Gasteiger partial charge in [-0.2, -0.15) is 5.10 Å². The molecule has 114 valence electrons. The Labute approximate surface area is 134 Å². The lowest BCUT2D eigenvalue weighted by Gasteiger charge is -2.14. The van der Waals surface area contributed by atoms with Crippen molar-refractivity contribution in [2.45, 2.75) is 32.9 Å². The van der Waals surface area contributed by atoms with E-state index in [9.17, 15) is 0 Å². The van der Waals surface area contributed by atoms with Gasteiger partial charge in [-0.3, -0.25) is 4.68 Å². The van der Waals surface area contributed by atoms with Crippen LogP contribution in [0, 0.1) is 6.92 Å². The van der Waals surface area contributed by atoms with E-state index in [-0.39, 0.29) is 6.04 Å². The van der Waals surface area contributed by atoms with Crippen LogP contribution in [0.25, 0.3) is 0 Å². The van der Waals surface area contributed by atoms with Crippen molar-refractivity contribution >= 4 is 23.2 Å². The molecular weight excluding hydrogens is 309 g/mol. The first-order chi connectivity index (χ1) is 10.0. The van der Waals surface area contributed by atoms with E-state index < -0.39 is 0 Å². The van der Waals surface area contributed by atoms with E-state index in [4.69, 9.17) is 33.7 Å². The Morgan fingerprint density at radius 3 is 2.81 bits per heavy atom. The van der Waals surface area contributed by atoms with Crippen LogP contribution in [-0.4, -0.2) is 22.4 Å². The average molecular weight is 328 g/mol. The van der Waals surface area contributed by atoms with Gasteiger partial charge in [-0.05, 0) is 32.0 Å². The molecule has 0 radical (unpaired) electrons. The monoisotopic (exact) mass is 327 g/mol. The highest BCUT2D eigenvalue weighted by Gasteiger charge is 2.16. The highest BCUT2D eigenvalue weighted by atomic mass is 35.5. The number of aromatic nitrogens is 2. The van der Waals surface area contributed by atoms with E-state index in [1.807, 2.05) is 30.7 Å². The van der Waals surface area contributed by atoms with E-state index in [1.54, 1.807) is 12.1 Å². The van der Waals surface area contributed by atoms with Crippen LogP contribution in [0.15, 0.2) is 24.3 Å². The highest BCUT2D eigenvalue weighted by molar-refractivity contribution is 6.31. The van der Waals surface area contributed by atoms with Gasteiger partial charge in [0.15, 0.2) is 0 Å². The van der Waals surface area contributed by atoms with Crippen LogP contribution >= 0.6 is 23.2 Å². The van der Waals surface area contributed by atoms with Gasteiger partial charge < -0.3 is 10.5 Å². The van der Waals surface area contributed by atoms with Gasteiger partial charge in [-0.25, -0.2) is 0 Å². The zero-order chi connectivity index (χ0) is 15.4. The molecule has 1 atom stereocenters. The third-order valence-electron chi connectivity index (χ3n) is 3.17. The number of nitrogens with two attached hydrogens (primary N) is 1. The van der Waals surface area contributed by atoms with E-state index in [0.29, 0.717) is 28.8 Å². The van der Waals surface area contributed by atoms with E-state index in [2.05, 4.69) is 5.10 Å². The van der Waals surface area contributed by atoms with Crippen LogP contribution < -0.4 is 10.5 Å². The van der Waals surface area contributed by atoms with Crippen LogP contribution in [0.4, 0.5) is 0 Å². The average Bonchev–Trinajstić information content (AvgIpc) is 2.73. The molecule has 0 bridgehead atoms. The van der Waals surface area contributed by atoms with Gasteiger partial charge in [0.2, 0.25) is 0 Å². The molecule has 2 aromatic rings. The highest BCUT2D eigenvalue weighted by Crippen LogP contribution is 2.22. The normalized spacial score (nSPS) is 12.4. The lowest BCUT2D eigenvalue weighted by molar-refractivity contribution is 0.285. The fourth-order valence-corrected chi connectivity index (χ4v) is 2.52. The molecule has 0 aliphatic heterocycles. The summed E-state index contributed by atoms with van der Waals surface area (Å²) in [7, 11) is 0. The number of hydrogen-bond acceptors (Lipinski definition) is 3. The van der Waals surface area contributed by atoms with Gasteiger partial charge in [0.1, 0.15) is 12.4 Å². The Morgan fingerprint density at radius 1 is 1.38 bits per heavy atom. The lowest BCUT2D eigenvalue weighted by atomic mass is 10.1. The van der Waals surface area contributed by atoms with Gasteiger partial charge in [0, 0.05) is 24.0 Å². The predicted molar refractivity (Wildman–Crippen MR) is 86.3 cm³/mol. The molecule has 1 heterocycles. The summed E-state index contributed by atoms with van der Waals surface area (Å²) in [5, 5.41) is 5.71. The fourth-order valence-electron chi connectivity index (χ4n) is 2.13. The Kier molecular flexibility index (Phi) is 5.51. The lowest BCUT2D eigenvalue weighted by Crippen LogP contribution is -2.31. The van der Waals surface area contributed by atoms with Gasteiger partial charge >= 0.3 is 0 Å². The van der Waals surface area contributed by atoms with E-state index in [1.165, 1.54) is 0 Å². The van der Waals surface area contributed by atoms with Crippen LogP contribution in [0.3, 0.4) is 0 Å². The molecule has 0 amide bonds. The topological polar surface area (TPSA) is 53.1 Å². The summed E-state index contributed by atoms with van der Waals surface area (Å²) in [4.78, 5) is 0. The zero-order valence-electron chi connectivity index (χ0n) is 12.1. The predicted octanol–water partition coefficient (Wildman–Crippen LogP) is 3.47. The number of benzene rings is 1. The standard InChI is InChI=1S/C15H19Cl2N3O/c1-3-20-14(15(17)10(2)19-20)8-12(18)9-21-13-6-4-5-11(16)7-13/h4-7,12H,3,8-9,18H2,1-2H3. The molecule has 0 spiro atoms. The second-order valence-corrected chi connectivity index (χ2v) is 5.71. The molecule has 2 N–H and O–H groups in total. The maximum absolute atomic E-state index is 6.28. The second-order valence-electron chi connectivity index (χ2n) is 4.89. The van der Waals surface area contributed by atoms with Crippen LogP contribution in [0.5, 0.6) is 5.75 Å². The molecular formula is C15H19Cl2N3O. The third-order valence-corrected chi connectivity index (χ3v) is 3.90. The fraction of sp³-hybridized carbons (Fsp3) is 0.400. The van der Waals surface area contributed by atoms with Crippen molar-refractivity contribution in [2.75, 3.05) is 6.61 Å². The summed E-state index contributed by atoms with van der Waals surface area (Å²) in [6, 6.07) is 7.10. The molecule has 1 unspecified atom stereocenters. The number of aryl methyl sites for hydroxylation is 2. The number of ether oxygens (including phenoxy) is 1. The molecule has 0 aliphatic rings. The SMILES string of the molecule is CCn1nc(C)c(Cl)c1CC(N)COc1cccc(Cl)c1. The first-order valence-electron chi connectivity index (χ1n) is 6.87. The Hall–Kier alpha value is -1.23. The Bertz CT molecular complexity index is 613. The molecule has 1 aromatic heterocycles. The van der Waals surface area contributed by atoms with Crippen molar-refractivity contribution < 1.29 is 4.74 Å². The van der Waals surface area contributed by atoms with Gasteiger partial charge in [-0.1, -0.05) is 29.3 Å². The summed E-state index contributed by atoms with van der Waals surface area (Å²) in [6.45, 7) is 5.08. The molecule has 0 fully saturated rings. The molecule has 0 aliphatic carbocycles.